The number of nitrogens with one attached hydrogen (secondary N) is 2. The Balaban J connectivity index is 1.54. The average Bonchev–Trinajstić information content (AvgIpc) is 3.28. The fraction of sp³-hybridized carbons (Fsp3) is 0.370. The number of hydrogen-bond donors (Lipinski definition) is 2. The first-order valence-electron chi connectivity index (χ1n) is 11.9. The van der Waals surface area contributed by atoms with Gasteiger partial charge in [0.05, 0.1) is 15.3 Å². The number of thiophene rings is 1. The second kappa shape index (κ2) is 12.8. The van der Waals surface area contributed by atoms with Crippen LogP contribution >= 0.6 is 11.3 Å². The van der Waals surface area contributed by atoms with Gasteiger partial charge in [-0.15, -0.1) is 11.3 Å². The summed E-state index contributed by atoms with van der Waals surface area (Å²) in [4.78, 5) is 26.9. The number of carbonyl (C=O) groups excluding carboxylic acids is 2. The van der Waals surface area contributed by atoms with Gasteiger partial charge in [0.2, 0.25) is 5.91 Å². The van der Waals surface area contributed by atoms with Crippen LogP contribution in [0.2, 0.25) is 0 Å². The maximum Gasteiger partial charge on any atom is 0.262 e. The van der Waals surface area contributed by atoms with Crippen LogP contribution in [-0.4, -0.2) is 46.5 Å². The molecule has 1 unspecified atom stereocenters. The van der Waals surface area contributed by atoms with E-state index in [0.29, 0.717) is 41.3 Å². The topological polar surface area (TPSA) is 102 Å². The van der Waals surface area contributed by atoms with E-state index < -0.39 is 17.0 Å². The molecule has 9 heteroatoms. The highest BCUT2D eigenvalue weighted by Gasteiger charge is 2.23. The van der Waals surface area contributed by atoms with Crippen LogP contribution in [-0.2, 0) is 15.8 Å². The summed E-state index contributed by atoms with van der Waals surface area (Å²) in [5.41, 5.74) is 1.52. The van der Waals surface area contributed by atoms with Crippen LogP contribution in [0.3, 0.4) is 0 Å². The quantitative estimate of drug-likeness (QED) is 0.363. The average molecular weight is 525 g/mol. The molecule has 2 atom stereocenters. The molecule has 0 saturated heterocycles. The molecule has 2 amide bonds. The van der Waals surface area contributed by atoms with Gasteiger partial charge in [-0.1, -0.05) is 43.7 Å². The number of nitrogens with zero attached hydrogens (tertiary/aromatic N) is 2. The van der Waals surface area contributed by atoms with E-state index in [-0.39, 0.29) is 17.7 Å². The van der Waals surface area contributed by atoms with Gasteiger partial charge in [-0.2, -0.15) is 5.26 Å². The molecule has 0 aliphatic rings. The van der Waals surface area contributed by atoms with Crippen LogP contribution in [0, 0.1) is 24.2 Å². The summed E-state index contributed by atoms with van der Waals surface area (Å²) in [6, 6.07) is 16.2. The standard InChI is InChI=1S/C27H32N4O3S2/c1-18(2)14-22(30-27(33)24-16-21-15-19(3)10-11-23(21)35-24)26(32)29-12-7-13-31(4)36(34)25-9-6-5-8-20(25)17-28/h5-6,8-11,15-16,18,22H,7,12-14H2,1-4H3,(H,29,32)(H,30,33)/t22-,36?/m0/s1. The van der Waals surface area contributed by atoms with Crippen LogP contribution in [0.1, 0.15) is 47.5 Å². The van der Waals surface area contributed by atoms with Crippen molar-refractivity contribution in [1.82, 2.24) is 14.9 Å². The van der Waals surface area contributed by atoms with Gasteiger partial charge in [0, 0.05) is 24.8 Å². The minimum atomic E-state index is -1.47. The van der Waals surface area contributed by atoms with Crippen molar-refractivity contribution < 1.29 is 13.8 Å². The molecule has 1 aromatic heterocycles. The zero-order chi connectivity index (χ0) is 26.2. The molecular formula is C27H32N4O3S2. The summed E-state index contributed by atoms with van der Waals surface area (Å²) < 4.78 is 15.5. The second-order valence-corrected chi connectivity index (χ2v) is 11.8. The number of benzene rings is 2. The monoisotopic (exact) mass is 524 g/mol. The Hall–Kier alpha value is -3.06. The van der Waals surface area contributed by atoms with Crippen LogP contribution < -0.4 is 10.6 Å². The summed E-state index contributed by atoms with van der Waals surface area (Å²) in [6.07, 6.45) is 1.09. The molecule has 2 aromatic carbocycles. The van der Waals surface area contributed by atoms with Crippen molar-refractivity contribution in [1.29, 1.82) is 5.26 Å². The zero-order valence-corrected chi connectivity index (χ0v) is 22.7. The van der Waals surface area contributed by atoms with Crippen molar-refractivity contribution in [2.45, 2.75) is 44.6 Å². The number of fused-ring (bicyclic) bond motifs is 1. The van der Waals surface area contributed by atoms with E-state index in [1.165, 1.54) is 11.3 Å². The molecule has 0 bridgehead atoms. The molecule has 2 N–H and O–H groups in total. The van der Waals surface area contributed by atoms with E-state index in [9.17, 15) is 19.1 Å². The van der Waals surface area contributed by atoms with Crippen LogP contribution in [0.15, 0.2) is 53.4 Å². The molecule has 0 aliphatic heterocycles. The van der Waals surface area contributed by atoms with Crippen LogP contribution in [0.5, 0.6) is 0 Å². The van der Waals surface area contributed by atoms with Crippen molar-refractivity contribution in [3.63, 3.8) is 0 Å². The maximum atomic E-state index is 12.9. The van der Waals surface area contributed by atoms with Gasteiger partial charge in [0.1, 0.15) is 23.1 Å². The molecule has 0 fully saturated rings. The molecule has 36 heavy (non-hydrogen) atoms. The minimum absolute atomic E-state index is 0.222. The summed E-state index contributed by atoms with van der Waals surface area (Å²) in [5, 5.41) is 16.1. The number of amides is 2. The van der Waals surface area contributed by atoms with Crippen LogP contribution in [0.25, 0.3) is 10.1 Å². The van der Waals surface area contributed by atoms with Gasteiger partial charge in [0.15, 0.2) is 0 Å². The lowest BCUT2D eigenvalue weighted by Crippen LogP contribution is -2.47. The van der Waals surface area contributed by atoms with Gasteiger partial charge in [-0.3, -0.25) is 9.59 Å². The van der Waals surface area contributed by atoms with Crippen molar-refractivity contribution >= 4 is 44.2 Å². The lowest BCUT2D eigenvalue weighted by molar-refractivity contribution is -0.123. The Morgan fingerprint density at radius 1 is 1.17 bits per heavy atom. The predicted molar refractivity (Wildman–Crippen MR) is 145 cm³/mol. The third-order valence-corrected chi connectivity index (χ3v) is 8.25. The van der Waals surface area contributed by atoms with Crippen molar-refractivity contribution in [2.24, 2.45) is 5.92 Å². The Kier molecular flexibility index (Phi) is 9.76. The van der Waals surface area contributed by atoms with Gasteiger partial charge < -0.3 is 10.6 Å². The molecule has 3 rings (SSSR count). The fourth-order valence-electron chi connectivity index (χ4n) is 3.81. The van der Waals surface area contributed by atoms with E-state index in [4.69, 9.17) is 0 Å². The summed E-state index contributed by atoms with van der Waals surface area (Å²) >= 11 is 1.42. The lowest BCUT2D eigenvalue weighted by atomic mass is 10.0. The van der Waals surface area contributed by atoms with Crippen molar-refractivity contribution in [3.05, 3.63) is 64.5 Å². The number of aryl methyl sites for hydroxylation is 1. The molecule has 0 radical (unpaired) electrons. The van der Waals surface area contributed by atoms with Crippen molar-refractivity contribution in [3.8, 4) is 6.07 Å². The second-order valence-electron chi connectivity index (χ2n) is 9.16. The Morgan fingerprint density at radius 2 is 1.92 bits per heavy atom. The smallest absolute Gasteiger partial charge is 0.262 e. The minimum Gasteiger partial charge on any atom is -0.354 e. The molecule has 7 nitrogen and oxygen atoms in total. The first-order chi connectivity index (χ1) is 17.2. The lowest BCUT2D eigenvalue weighted by Gasteiger charge is -2.20. The molecule has 3 aromatic rings. The molecule has 1 heterocycles. The third-order valence-electron chi connectivity index (χ3n) is 5.65. The molecular weight excluding hydrogens is 492 g/mol. The number of rotatable bonds is 11. The fourth-order valence-corrected chi connectivity index (χ4v) is 5.88. The van der Waals surface area contributed by atoms with E-state index >= 15 is 0 Å². The van der Waals surface area contributed by atoms with Crippen molar-refractivity contribution in [2.75, 3.05) is 20.1 Å². The first-order valence-corrected chi connectivity index (χ1v) is 13.8. The number of hydrogen-bond acceptors (Lipinski definition) is 5. The molecule has 0 saturated carbocycles. The summed E-state index contributed by atoms with van der Waals surface area (Å²) in [6.45, 7) is 6.89. The molecule has 0 spiro atoms. The normalized spacial score (nSPS) is 12.9. The summed E-state index contributed by atoms with van der Waals surface area (Å²) in [7, 11) is 0.257. The number of carbonyl (C=O) groups is 2. The van der Waals surface area contributed by atoms with Gasteiger partial charge in [-0.05, 0) is 55.3 Å². The predicted octanol–water partition coefficient (Wildman–Crippen LogP) is 4.39. The van der Waals surface area contributed by atoms with E-state index in [0.717, 1.165) is 15.6 Å². The Bertz CT molecular complexity index is 1300. The van der Waals surface area contributed by atoms with E-state index in [1.807, 2.05) is 45.0 Å². The largest absolute Gasteiger partial charge is 0.354 e. The SMILES string of the molecule is Cc1ccc2sc(C(=O)N[C@@H](CC(C)C)C(=O)NCCCN(C)S(=O)c3ccccc3C#N)cc2c1. The molecule has 0 aliphatic carbocycles. The highest BCUT2D eigenvalue weighted by molar-refractivity contribution is 7.82. The highest BCUT2D eigenvalue weighted by Crippen LogP contribution is 2.26. The van der Waals surface area contributed by atoms with E-state index in [1.54, 1.807) is 35.6 Å². The number of nitriles is 1. The Morgan fingerprint density at radius 3 is 2.64 bits per heavy atom. The zero-order valence-electron chi connectivity index (χ0n) is 21.0. The first kappa shape index (κ1) is 27.5. The van der Waals surface area contributed by atoms with Gasteiger partial charge in [0.25, 0.3) is 5.91 Å². The maximum absolute atomic E-state index is 12.9. The molecule has 190 valence electrons. The Labute approximate surface area is 219 Å². The summed E-state index contributed by atoms with van der Waals surface area (Å²) in [5.74, 6) is -0.256. The highest BCUT2D eigenvalue weighted by atomic mass is 32.2. The van der Waals surface area contributed by atoms with Gasteiger partial charge >= 0.3 is 0 Å². The van der Waals surface area contributed by atoms with Gasteiger partial charge in [-0.25, -0.2) is 8.51 Å². The third kappa shape index (κ3) is 7.23. The van der Waals surface area contributed by atoms with E-state index in [2.05, 4.69) is 16.7 Å². The van der Waals surface area contributed by atoms with Crippen LogP contribution in [0.4, 0.5) is 0 Å².